The molecule has 0 saturated heterocycles. The van der Waals surface area contributed by atoms with Gasteiger partial charge in [0.2, 0.25) is 5.88 Å². The minimum atomic E-state index is -0.572. The number of carbonyl (C=O) groups is 1. The smallest absolute Gasteiger partial charge is 0.357 e. The molecule has 2 aromatic heterocycles. The third kappa shape index (κ3) is 3.89. The number of aromatic nitrogens is 3. The van der Waals surface area contributed by atoms with Crippen molar-refractivity contribution in [2.75, 3.05) is 6.61 Å². The van der Waals surface area contributed by atoms with Crippen molar-refractivity contribution in [1.82, 2.24) is 14.8 Å². The Morgan fingerprint density at radius 2 is 2.32 bits per heavy atom. The lowest BCUT2D eigenvalue weighted by molar-refractivity contribution is 0.0515. The van der Waals surface area contributed by atoms with Crippen LogP contribution in [0.3, 0.4) is 0 Å². The van der Waals surface area contributed by atoms with Gasteiger partial charge in [-0.2, -0.15) is 0 Å². The van der Waals surface area contributed by atoms with Gasteiger partial charge in [-0.25, -0.2) is 18.7 Å². The first-order chi connectivity index (χ1) is 12.1. The lowest BCUT2D eigenvalue weighted by atomic mass is 10.4. The maximum atomic E-state index is 12.2. The molecule has 7 nitrogen and oxygen atoms in total. The predicted molar refractivity (Wildman–Crippen MR) is 95.7 cm³/mol. The highest BCUT2D eigenvalue weighted by Gasteiger charge is 2.21. The van der Waals surface area contributed by atoms with Crippen LogP contribution in [-0.2, 0) is 24.4 Å². The number of hydrogen-bond donors (Lipinski definition) is 0. The van der Waals surface area contributed by atoms with Crippen molar-refractivity contribution in [2.24, 2.45) is 0 Å². The van der Waals surface area contributed by atoms with Gasteiger partial charge in [0.1, 0.15) is 16.0 Å². The summed E-state index contributed by atoms with van der Waals surface area (Å²) in [7, 11) is -0.0813. The molecule has 1 atom stereocenters. The first-order valence-corrected chi connectivity index (χ1v) is 10.1. The first-order valence-electron chi connectivity index (χ1n) is 7.10. The van der Waals surface area contributed by atoms with Crippen LogP contribution in [0.2, 0.25) is 5.02 Å². The Hall–Kier alpha value is -2.23. The Morgan fingerprint density at radius 1 is 1.48 bits per heavy atom. The highest BCUT2D eigenvalue weighted by molar-refractivity contribution is 8.34. The molecule has 1 unspecified atom stereocenters. The summed E-state index contributed by atoms with van der Waals surface area (Å²) in [4.78, 5) is 16.4. The molecule has 130 valence electrons. The van der Waals surface area contributed by atoms with Crippen LogP contribution in [0.5, 0.6) is 5.88 Å². The van der Waals surface area contributed by atoms with E-state index in [1.54, 1.807) is 35.9 Å². The maximum Gasteiger partial charge on any atom is 0.357 e. The zero-order valence-corrected chi connectivity index (χ0v) is 15.3. The van der Waals surface area contributed by atoms with E-state index in [0.29, 0.717) is 21.0 Å². The molecule has 0 aliphatic carbocycles. The van der Waals surface area contributed by atoms with Crippen molar-refractivity contribution < 1.29 is 18.5 Å². The van der Waals surface area contributed by atoms with Crippen LogP contribution in [-0.4, -0.2) is 31.5 Å². The maximum absolute atomic E-state index is 12.2. The number of allylic oxidation sites excluding steroid dienone is 1. The standard InChI is InChI=1S/C15H12ClN3O4S2/c1-2-22-15(20)12-8-13(23-10-5-7-25(9-10)24-21)18-19(12)14-11(16)4-3-6-17-14/h3-9H,2H2,1H3. The molecule has 0 spiro atoms. The second-order valence-corrected chi connectivity index (χ2v) is 7.90. The minimum absolute atomic E-state index is 0.136. The number of nitrogens with zero attached hydrogens (tertiary/aromatic N) is 3. The second-order valence-electron chi connectivity index (χ2n) is 4.63. The monoisotopic (exact) mass is 397 g/mol. The lowest BCUT2D eigenvalue weighted by Gasteiger charge is -2.06. The van der Waals surface area contributed by atoms with Crippen LogP contribution >= 0.6 is 11.6 Å². The Morgan fingerprint density at radius 3 is 3.00 bits per heavy atom. The zero-order chi connectivity index (χ0) is 17.8. The molecule has 0 fully saturated rings. The average Bonchev–Trinajstić information content (AvgIpc) is 3.23. The van der Waals surface area contributed by atoms with E-state index in [0.717, 1.165) is 0 Å². The minimum Gasteiger partial charge on any atom is -0.461 e. The highest BCUT2D eigenvalue weighted by Crippen LogP contribution is 2.24. The molecule has 1 aliphatic heterocycles. The van der Waals surface area contributed by atoms with Gasteiger partial charge in [-0.1, -0.05) is 11.6 Å². The van der Waals surface area contributed by atoms with Gasteiger partial charge in [0.25, 0.3) is 0 Å². The van der Waals surface area contributed by atoms with E-state index in [9.17, 15) is 9.00 Å². The van der Waals surface area contributed by atoms with E-state index in [1.165, 1.54) is 16.9 Å². The third-order valence-electron chi connectivity index (χ3n) is 3.01. The Kier molecular flexibility index (Phi) is 5.47. The van der Waals surface area contributed by atoms with E-state index < -0.39 is 15.4 Å². The van der Waals surface area contributed by atoms with Gasteiger partial charge >= 0.3 is 5.97 Å². The molecule has 0 amide bonds. The molecule has 0 aromatic carbocycles. The number of halogens is 1. The summed E-state index contributed by atoms with van der Waals surface area (Å²) in [6.45, 7) is 1.92. The fourth-order valence-corrected chi connectivity index (χ4v) is 3.70. The number of carbonyl (C=O) groups excluding carboxylic acids is 1. The van der Waals surface area contributed by atoms with Crippen molar-refractivity contribution in [1.29, 1.82) is 0 Å². The van der Waals surface area contributed by atoms with Crippen molar-refractivity contribution in [2.45, 2.75) is 6.92 Å². The molecule has 3 rings (SSSR count). The van der Waals surface area contributed by atoms with E-state index in [1.807, 2.05) is 0 Å². The quantitative estimate of drug-likeness (QED) is 0.721. The van der Waals surface area contributed by atoms with E-state index in [2.05, 4.69) is 10.1 Å². The van der Waals surface area contributed by atoms with Gasteiger partial charge in [0, 0.05) is 17.7 Å². The number of ether oxygens (including phenoxy) is 2. The summed E-state index contributed by atoms with van der Waals surface area (Å²) in [6.07, 6.45) is 3.22. The van der Waals surface area contributed by atoms with Gasteiger partial charge in [0.15, 0.2) is 11.5 Å². The fourth-order valence-electron chi connectivity index (χ4n) is 2.00. The second kappa shape index (κ2) is 7.77. The van der Waals surface area contributed by atoms with Gasteiger partial charge in [-0.15, -0.1) is 5.10 Å². The van der Waals surface area contributed by atoms with Crippen LogP contribution in [0.25, 0.3) is 5.82 Å². The highest BCUT2D eigenvalue weighted by atomic mass is 35.5. The summed E-state index contributed by atoms with van der Waals surface area (Å²) < 4.78 is 22.8. The van der Waals surface area contributed by atoms with E-state index in [4.69, 9.17) is 21.1 Å². The number of pyridine rings is 1. The van der Waals surface area contributed by atoms with Crippen LogP contribution in [0.4, 0.5) is 0 Å². The molecule has 10 heteroatoms. The van der Waals surface area contributed by atoms with Gasteiger partial charge in [0.05, 0.1) is 11.6 Å². The van der Waals surface area contributed by atoms with Crippen molar-refractivity contribution >= 4 is 37.3 Å². The van der Waals surface area contributed by atoms with Crippen molar-refractivity contribution in [3.05, 3.63) is 57.8 Å². The molecular formula is C15H12ClN3O4S2. The molecule has 2 aromatic rings. The van der Waals surface area contributed by atoms with E-state index >= 15 is 0 Å². The van der Waals surface area contributed by atoms with Crippen LogP contribution in [0.15, 0.2) is 47.0 Å². The summed E-state index contributed by atoms with van der Waals surface area (Å²) in [5.41, 5.74) is 0.136. The first kappa shape index (κ1) is 17.6. The average molecular weight is 398 g/mol. The van der Waals surface area contributed by atoms with Gasteiger partial charge in [-0.05, 0) is 40.0 Å². The van der Waals surface area contributed by atoms with Crippen molar-refractivity contribution in [3.8, 4) is 11.7 Å². The normalized spacial score (nSPS) is 15.8. The molecule has 25 heavy (non-hydrogen) atoms. The largest absolute Gasteiger partial charge is 0.461 e. The molecule has 0 bridgehead atoms. The Balaban J connectivity index is 2.01. The summed E-state index contributed by atoms with van der Waals surface area (Å²) in [5, 5.41) is 8.01. The number of rotatable bonds is 5. The Labute approximate surface area is 153 Å². The molecule has 0 radical (unpaired) electrons. The Bertz CT molecular complexity index is 948. The van der Waals surface area contributed by atoms with Crippen molar-refractivity contribution in [3.63, 3.8) is 0 Å². The van der Waals surface area contributed by atoms with Crippen LogP contribution in [0.1, 0.15) is 17.4 Å². The third-order valence-corrected chi connectivity index (χ3v) is 5.43. The number of esters is 1. The van der Waals surface area contributed by atoms with Crippen LogP contribution < -0.4 is 4.74 Å². The fraction of sp³-hybridized carbons (Fsp3) is 0.133. The van der Waals surface area contributed by atoms with E-state index in [-0.39, 0.29) is 24.0 Å². The molecule has 1 aliphatic rings. The molecule has 0 N–H and O–H groups in total. The predicted octanol–water partition coefficient (Wildman–Crippen LogP) is 2.59. The molecule has 0 saturated carbocycles. The molecule has 3 heterocycles. The van der Waals surface area contributed by atoms with Crippen LogP contribution in [0, 0.1) is 0 Å². The summed E-state index contributed by atoms with van der Waals surface area (Å²) >= 11 is 6.15. The van der Waals surface area contributed by atoms with Gasteiger partial charge in [-0.3, -0.25) is 0 Å². The number of hydrogen-bond acceptors (Lipinski definition) is 6. The SMILES string of the molecule is CCOC(=O)c1cc(OC2=CS(=S=O)C=C2)nn1-c1ncccc1Cl. The van der Waals surface area contributed by atoms with Gasteiger partial charge < -0.3 is 9.47 Å². The lowest BCUT2D eigenvalue weighted by Crippen LogP contribution is -2.13. The molecular weight excluding hydrogens is 386 g/mol. The summed E-state index contributed by atoms with van der Waals surface area (Å²) in [5.74, 6) is 0.367. The zero-order valence-electron chi connectivity index (χ0n) is 12.9. The topological polar surface area (TPSA) is 83.3 Å². The summed E-state index contributed by atoms with van der Waals surface area (Å²) in [6, 6.07) is 4.76.